The van der Waals surface area contributed by atoms with Gasteiger partial charge in [-0.2, -0.15) is 0 Å². The lowest BCUT2D eigenvalue weighted by atomic mass is 10.1. The summed E-state index contributed by atoms with van der Waals surface area (Å²) in [4.78, 5) is 23.4. The Balaban J connectivity index is 2.25. The van der Waals surface area contributed by atoms with Gasteiger partial charge < -0.3 is 15.2 Å². The Morgan fingerprint density at radius 1 is 1.23 bits per heavy atom. The van der Waals surface area contributed by atoms with Crippen LogP contribution in [0.5, 0.6) is 5.75 Å². The normalized spacial score (nSPS) is 10.1. The van der Waals surface area contributed by atoms with Gasteiger partial charge in [-0.25, -0.2) is 4.79 Å². The van der Waals surface area contributed by atoms with Gasteiger partial charge in [-0.05, 0) is 43.3 Å². The topological polar surface area (TPSA) is 75.6 Å². The molecule has 0 saturated carbocycles. The van der Waals surface area contributed by atoms with Crippen molar-refractivity contribution in [3.63, 3.8) is 0 Å². The molecule has 0 aromatic heterocycles. The number of rotatable bonds is 5. The van der Waals surface area contributed by atoms with Gasteiger partial charge in [0.15, 0.2) is 0 Å². The fourth-order valence-corrected chi connectivity index (χ4v) is 2.06. The van der Waals surface area contributed by atoms with E-state index in [1.165, 1.54) is 18.2 Å². The van der Waals surface area contributed by atoms with E-state index >= 15 is 0 Å². The zero-order chi connectivity index (χ0) is 16.1. The Labute approximate surface area is 132 Å². The van der Waals surface area contributed by atoms with Gasteiger partial charge in [-0.1, -0.05) is 17.7 Å². The van der Waals surface area contributed by atoms with Crippen molar-refractivity contribution in [3.05, 3.63) is 58.6 Å². The van der Waals surface area contributed by atoms with E-state index in [0.717, 1.165) is 0 Å². The molecule has 0 aliphatic heterocycles. The minimum atomic E-state index is -1.17. The van der Waals surface area contributed by atoms with Crippen molar-refractivity contribution in [1.29, 1.82) is 0 Å². The van der Waals surface area contributed by atoms with Gasteiger partial charge in [0.05, 0.1) is 17.9 Å². The van der Waals surface area contributed by atoms with Crippen LogP contribution in [0.3, 0.4) is 0 Å². The van der Waals surface area contributed by atoms with Crippen molar-refractivity contribution in [2.75, 3.05) is 11.9 Å². The van der Waals surface area contributed by atoms with Gasteiger partial charge in [0.25, 0.3) is 5.91 Å². The summed E-state index contributed by atoms with van der Waals surface area (Å²) in [7, 11) is 0. The molecular weight excluding hydrogens is 306 g/mol. The summed E-state index contributed by atoms with van der Waals surface area (Å²) in [6.07, 6.45) is 0. The van der Waals surface area contributed by atoms with Crippen LogP contribution in [0, 0.1) is 0 Å². The number of hydrogen-bond donors (Lipinski definition) is 2. The summed E-state index contributed by atoms with van der Waals surface area (Å²) >= 11 is 5.78. The SMILES string of the molecule is CCOc1cccc(C(=O)Nc2ccc(Cl)cc2C(=O)O)c1. The molecule has 2 aromatic rings. The standard InChI is InChI=1S/C16H14ClNO4/c1-2-22-12-5-3-4-10(8-12)15(19)18-14-7-6-11(17)9-13(14)16(20)21/h3-9H,2H2,1H3,(H,18,19)(H,20,21). The molecule has 2 N–H and O–H groups in total. The van der Waals surface area contributed by atoms with Crippen LogP contribution in [0.1, 0.15) is 27.6 Å². The van der Waals surface area contributed by atoms with Crippen molar-refractivity contribution < 1.29 is 19.4 Å². The number of carboxylic acids is 1. The number of ether oxygens (including phenoxy) is 1. The van der Waals surface area contributed by atoms with Crippen LogP contribution in [0.2, 0.25) is 5.02 Å². The Kier molecular flexibility index (Phi) is 5.01. The van der Waals surface area contributed by atoms with Crippen LogP contribution in [0.25, 0.3) is 0 Å². The fourth-order valence-electron chi connectivity index (χ4n) is 1.89. The molecule has 114 valence electrons. The van der Waals surface area contributed by atoms with Gasteiger partial charge in [0, 0.05) is 10.6 Å². The highest BCUT2D eigenvalue weighted by Crippen LogP contribution is 2.22. The Hall–Kier alpha value is -2.53. The van der Waals surface area contributed by atoms with E-state index in [1.807, 2.05) is 6.92 Å². The van der Waals surface area contributed by atoms with Gasteiger partial charge in [0.1, 0.15) is 5.75 Å². The minimum absolute atomic E-state index is 0.0678. The number of carbonyl (C=O) groups excluding carboxylic acids is 1. The van der Waals surface area contributed by atoms with E-state index in [4.69, 9.17) is 21.4 Å². The minimum Gasteiger partial charge on any atom is -0.494 e. The predicted molar refractivity (Wildman–Crippen MR) is 84.0 cm³/mol. The number of hydrogen-bond acceptors (Lipinski definition) is 3. The van der Waals surface area contributed by atoms with Gasteiger partial charge in [-0.3, -0.25) is 4.79 Å². The third kappa shape index (κ3) is 3.77. The fraction of sp³-hybridized carbons (Fsp3) is 0.125. The molecule has 5 nitrogen and oxygen atoms in total. The summed E-state index contributed by atoms with van der Waals surface area (Å²) in [5.41, 5.74) is 0.489. The number of benzene rings is 2. The molecular formula is C16H14ClNO4. The molecule has 0 heterocycles. The highest BCUT2D eigenvalue weighted by Gasteiger charge is 2.14. The second kappa shape index (κ2) is 6.95. The maximum Gasteiger partial charge on any atom is 0.337 e. The first-order valence-corrected chi connectivity index (χ1v) is 6.96. The average molecular weight is 320 g/mol. The van der Waals surface area contributed by atoms with E-state index < -0.39 is 11.9 Å². The van der Waals surface area contributed by atoms with E-state index in [0.29, 0.717) is 17.9 Å². The summed E-state index contributed by atoms with van der Waals surface area (Å²) in [5.74, 6) is -1.02. The second-order valence-electron chi connectivity index (χ2n) is 4.41. The smallest absolute Gasteiger partial charge is 0.337 e. The number of anilines is 1. The highest BCUT2D eigenvalue weighted by molar-refractivity contribution is 6.31. The highest BCUT2D eigenvalue weighted by atomic mass is 35.5. The number of carboxylic acid groups (broad SMARTS) is 1. The number of aromatic carboxylic acids is 1. The van der Waals surface area contributed by atoms with Gasteiger partial charge >= 0.3 is 5.97 Å². The molecule has 0 atom stereocenters. The number of amides is 1. The van der Waals surface area contributed by atoms with Crippen molar-refractivity contribution >= 4 is 29.2 Å². The van der Waals surface area contributed by atoms with E-state index in [2.05, 4.69) is 5.32 Å². The van der Waals surface area contributed by atoms with Crippen LogP contribution >= 0.6 is 11.6 Å². The van der Waals surface area contributed by atoms with Gasteiger partial charge in [-0.15, -0.1) is 0 Å². The molecule has 2 rings (SSSR count). The second-order valence-corrected chi connectivity index (χ2v) is 4.85. The van der Waals surface area contributed by atoms with E-state index in [9.17, 15) is 9.59 Å². The average Bonchev–Trinajstić information content (AvgIpc) is 2.49. The molecule has 0 unspecified atom stereocenters. The molecule has 0 spiro atoms. The van der Waals surface area contributed by atoms with Crippen molar-refractivity contribution in [2.24, 2.45) is 0 Å². The molecule has 22 heavy (non-hydrogen) atoms. The first kappa shape index (κ1) is 15.9. The van der Waals surface area contributed by atoms with Crippen LogP contribution in [-0.4, -0.2) is 23.6 Å². The molecule has 0 aliphatic rings. The number of carbonyl (C=O) groups is 2. The number of nitrogens with one attached hydrogen (secondary N) is 1. The lowest BCUT2D eigenvalue weighted by Crippen LogP contribution is -2.15. The predicted octanol–water partition coefficient (Wildman–Crippen LogP) is 3.69. The number of halogens is 1. The summed E-state index contributed by atoms with van der Waals surface area (Å²) in [5, 5.41) is 12.0. The Morgan fingerprint density at radius 2 is 2.00 bits per heavy atom. The zero-order valence-electron chi connectivity index (χ0n) is 11.8. The van der Waals surface area contributed by atoms with E-state index in [1.54, 1.807) is 24.3 Å². The van der Waals surface area contributed by atoms with Crippen LogP contribution < -0.4 is 10.1 Å². The maximum atomic E-state index is 12.2. The van der Waals surface area contributed by atoms with Crippen LogP contribution in [-0.2, 0) is 0 Å². The lowest BCUT2D eigenvalue weighted by Gasteiger charge is -2.10. The third-order valence-corrected chi connectivity index (χ3v) is 3.10. The van der Waals surface area contributed by atoms with Crippen LogP contribution in [0.15, 0.2) is 42.5 Å². The Bertz CT molecular complexity index is 715. The molecule has 1 amide bonds. The molecule has 0 saturated heterocycles. The molecule has 6 heteroatoms. The lowest BCUT2D eigenvalue weighted by molar-refractivity contribution is 0.0698. The Morgan fingerprint density at radius 3 is 2.68 bits per heavy atom. The first-order valence-electron chi connectivity index (χ1n) is 6.58. The monoisotopic (exact) mass is 319 g/mol. The summed E-state index contributed by atoms with van der Waals surface area (Å²) < 4.78 is 5.33. The summed E-state index contributed by atoms with van der Waals surface area (Å²) in [6.45, 7) is 2.34. The van der Waals surface area contributed by atoms with Crippen molar-refractivity contribution in [2.45, 2.75) is 6.92 Å². The van der Waals surface area contributed by atoms with Crippen LogP contribution in [0.4, 0.5) is 5.69 Å². The maximum absolute atomic E-state index is 12.2. The van der Waals surface area contributed by atoms with Crippen molar-refractivity contribution in [3.8, 4) is 5.75 Å². The van der Waals surface area contributed by atoms with Crippen molar-refractivity contribution in [1.82, 2.24) is 0 Å². The molecule has 0 fully saturated rings. The van der Waals surface area contributed by atoms with E-state index in [-0.39, 0.29) is 16.3 Å². The van der Waals surface area contributed by atoms with Gasteiger partial charge in [0.2, 0.25) is 0 Å². The molecule has 0 bridgehead atoms. The largest absolute Gasteiger partial charge is 0.494 e. The third-order valence-electron chi connectivity index (χ3n) is 2.87. The molecule has 0 aliphatic carbocycles. The first-order chi connectivity index (χ1) is 10.5. The quantitative estimate of drug-likeness (QED) is 0.881. The summed E-state index contributed by atoms with van der Waals surface area (Å²) in [6, 6.07) is 10.9. The molecule has 2 aromatic carbocycles. The zero-order valence-corrected chi connectivity index (χ0v) is 12.6. The molecule has 0 radical (unpaired) electrons.